The Bertz CT molecular complexity index is 725. The van der Waals surface area contributed by atoms with Crippen molar-refractivity contribution in [2.75, 3.05) is 18.5 Å². The number of nitro groups is 1. The molecular formula is C17H21N3O6. The second-order valence-electron chi connectivity index (χ2n) is 6.82. The Labute approximate surface area is 149 Å². The molecule has 3 N–H and O–H groups in total. The Morgan fingerprint density at radius 3 is 2.58 bits per heavy atom. The van der Waals surface area contributed by atoms with E-state index in [0.29, 0.717) is 31.7 Å². The minimum absolute atomic E-state index is 0.134. The van der Waals surface area contributed by atoms with E-state index in [9.17, 15) is 19.7 Å². The highest BCUT2D eigenvalue weighted by Crippen LogP contribution is 2.32. The molecule has 2 fully saturated rings. The number of carboxylic acids is 1. The second-order valence-corrected chi connectivity index (χ2v) is 6.82. The zero-order valence-corrected chi connectivity index (χ0v) is 14.2. The van der Waals surface area contributed by atoms with Crippen LogP contribution in [0.1, 0.15) is 42.5 Å². The van der Waals surface area contributed by atoms with E-state index in [1.807, 2.05) is 0 Å². The second kappa shape index (κ2) is 7.28. The number of hydrogen-bond acceptors (Lipinski definition) is 6. The third kappa shape index (κ3) is 4.29. The number of amides is 1. The predicted molar refractivity (Wildman–Crippen MR) is 92.2 cm³/mol. The Morgan fingerprint density at radius 2 is 2.00 bits per heavy atom. The Hall–Kier alpha value is -2.68. The molecule has 1 aliphatic carbocycles. The van der Waals surface area contributed by atoms with E-state index in [4.69, 9.17) is 9.84 Å². The normalized spacial score (nSPS) is 18.8. The van der Waals surface area contributed by atoms with Gasteiger partial charge in [-0.1, -0.05) is 0 Å². The van der Waals surface area contributed by atoms with Crippen molar-refractivity contribution in [2.24, 2.45) is 0 Å². The molecule has 0 unspecified atom stereocenters. The van der Waals surface area contributed by atoms with Crippen LogP contribution in [-0.4, -0.2) is 46.7 Å². The molecule has 2 aliphatic rings. The van der Waals surface area contributed by atoms with Crippen LogP contribution in [0.4, 0.5) is 11.4 Å². The van der Waals surface area contributed by atoms with Crippen molar-refractivity contribution in [3.63, 3.8) is 0 Å². The number of anilines is 1. The molecule has 3 rings (SSSR count). The maximum absolute atomic E-state index is 12.6. The number of rotatable bonds is 7. The lowest BCUT2D eigenvalue weighted by Crippen LogP contribution is -2.53. The lowest BCUT2D eigenvalue weighted by molar-refractivity contribution is -0.384. The van der Waals surface area contributed by atoms with Crippen LogP contribution < -0.4 is 10.6 Å². The highest BCUT2D eigenvalue weighted by Gasteiger charge is 2.37. The van der Waals surface area contributed by atoms with Gasteiger partial charge >= 0.3 is 5.97 Å². The van der Waals surface area contributed by atoms with Gasteiger partial charge in [-0.3, -0.25) is 19.7 Å². The van der Waals surface area contributed by atoms with Crippen LogP contribution in [0.3, 0.4) is 0 Å². The molecule has 0 spiro atoms. The van der Waals surface area contributed by atoms with Gasteiger partial charge in [0.25, 0.3) is 11.6 Å². The van der Waals surface area contributed by atoms with Crippen molar-refractivity contribution in [3.8, 4) is 0 Å². The first-order valence-corrected chi connectivity index (χ1v) is 8.56. The smallest absolute Gasteiger partial charge is 0.305 e. The summed E-state index contributed by atoms with van der Waals surface area (Å²) in [6.07, 6.45) is 2.49. The van der Waals surface area contributed by atoms with Gasteiger partial charge in [0.1, 0.15) is 5.69 Å². The molecule has 1 heterocycles. The molecule has 26 heavy (non-hydrogen) atoms. The zero-order chi connectivity index (χ0) is 18.7. The van der Waals surface area contributed by atoms with Crippen molar-refractivity contribution in [1.82, 2.24) is 5.32 Å². The number of nitrogens with one attached hydrogen (secondary N) is 2. The summed E-state index contributed by atoms with van der Waals surface area (Å²) in [7, 11) is 0. The largest absolute Gasteiger partial charge is 0.481 e. The molecule has 0 radical (unpaired) electrons. The van der Waals surface area contributed by atoms with Gasteiger partial charge < -0.3 is 20.5 Å². The highest BCUT2D eigenvalue weighted by atomic mass is 16.6. The zero-order valence-electron chi connectivity index (χ0n) is 14.2. The van der Waals surface area contributed by atoms with Crippen molar-refractivity contribution in [2.45, 2.75) is 43.7 Å². The summed E-state index contributed by atoms with van der Waals surface area (Å²) in [5, 5.41) is 26.4. The lowest BCUT2D eigenvalue weighted by atomic mass is 9.86. The van der Waals surface area contributed by atoms with E-state index in [1.165, 1.54) is 18.2 Å². The van der Waals surface area contributed by atoms with Gasteiger partial charge in [-0.15, -0.1) is 0 Å². The molecule has 140 valence electrons. The average Bonchev–Trinajstić information content (AvgIpc) is 3.39. The number of carbonyl (C=O) groups is 2. The van der Waals surface area contributed by atoms with Crippen molar-refractivity contribution < 1.29 is 24.4 Å². The number of carboxylic acid groups (broad SMARTS) is 1. The Kier molecular flexibility index (Phi) is 5.08. The molecule has 9 heteroatoms. The van der Waals surface area contributed by atoms with E-state index in [0.717, 1.165) is 12.8 Å². The number of ether oxygens (including phenoxy) is 1. The average molecular weight is 363 g/mol. The molecule has 1 aromatic rings. The molecule has 9 nitrogen and oxygen atoms in total. The van der Waals surface area contributed by atoms with Gasteiger partial charge in [0, 0.05) is 30.9 Å². The third-order valence-corrected chi connectivity index (χ3v) is 4.71. The van der Waals surface area contributed by atoms with Crippen molar-refractivity contribution in [1.29, 1.82) is 0 Å². The SMILES string of the molecule is O=C(O)CC1(NC(=O)c2ccc(NC3CC3)c([N+](=O)[O-])c2)CCOCC1. The molecule has 0 atom stereocenters. The molecule has 0 aromatic heterocycles. The van der Waals surface area contributed by atoms with Crippen LogP contribution in [0, 0.1) is 10.1 Å². The third-order valence-electron chi connectivity index (χ3n) is 4.71. The summed E-state index contributed by atoms with van der Waals surface area (Å²) in [6, 6.07) is 4.52. The van der Waals surface area contributed by atoms with E-state index in [1.54, 1.807) is 0 Å². The van der Waals surface area contributed by atoms with E-state index in [2.05, 4.69) is 10.6 Å². The fourth-order valence-electron chi connectivity index (χ4n) is 3.10. The van der Waals surface area contributed by atoms with Crippen LogP contribution in [-0.2, 0) is 9.53 Å². The Morgan fingerprint density at radius 1 is 1.31 bits per heavy atom. The number of hydrogen-bond donors (Lipinski definition) is 3. The molecule has 1 saturated carbocycles. The maximum atomic E-state index is 12.6. The quantitative estimate of drug-likeness (QED) is 0.498. The molecule has 1 amide bonds. The molecule has 1 aliphatic heterocycles. The van der Waals surface area contributed by atoms with Crippen LogP contribution >= 0.6 is 0 Å². The van der Waals surface area contributed by atoms with Gasteiger partial charge in [0.05, 0.1) is 16.9 Å². The first-order chi connectivity index (χ1) is 12.4. The topological polar surface area (TPSA) is 131 Å². The van der Waals surface area contributed by atoms with Crippen molar-refractivity contribution in [3.05, 3.63) is 33.9 Å². The van der Waals surface area contributed by atoms with Gasteiger partial charge in [-0.25, -0.2) is 0 Å². The monoisotopic (exact) mass is 363 g/mol. The predicted octanol–water partition coefficient (Wildman–Crippen LogP) is 1.92. The molecule has 1 aromatic carbocycles. The summed E-state index contributed by atoms with van der Waals surface area (Å²) < 4.78 is 5.26. The standard InChI is InChI=1S/C17H21N3O6/c21-15(22)10-17(5-7-26-8-6-17)19-16(23)11-1-4-13(18-12-2-3-12)14(9-11)20(24)25/h1,4,9,12,18H,2-3,5-8,10H2,(H,19,23)(H,21,22). The number of benzene rings is 1. The maximum Gasteiger partial charge on any atom is 0.305 e. The first kappa shape index (κ1) is 18.1. The molecule has 0 bridgehead atoms. The summed E-state index contributed by atoms with van der Waals surface area (Å²) in [4.78, 5) is 34.6. The summed E-state index contributed by atoms with van der Waals surface area (Å²) in [5.74, 6) is -1.53. The summed E-state index contributed by atoms with van der Waals surface area (Å²) >= 11 is 0. The molecule has 1 saturated heterocycles. The van der Waals surface area contributed by atoms with Gasteiger partial charge in [0.2, 0.25) is 0 Å². The summed E-state index contributed by atoms with van der Waals surface area (Å²) in [5.41, 5.74) is -0.542. The van der Waals surface area contributed by atoms with E-state index < -0.39 is 22.3 Å². The first-order valence-electron chi connectivity index (χ1n) is 8.56. The van der Waals surface area contributed by atoms with E-state index in [-0.39, 0.29) is 23.7 Å². The van der Waals surface area contributed by atoms with Gasteiger partial charge in [-0.2, -0.15) is 0 Å². The fraction of sp³-hybridized carbons (Fsp3) is 0.529. The van der Waals surface area contributed by atoms with Crippen LogP contribution in [0.15, 0.2) is 18.2 Å². The van der Waals surface area contributed by atoms with Crippen LogP contribution in [0.5, 0.6) is 0 Å². The summed E-state index contributed by atoms with van der Waals surface area (Å²) in [6.45, 7) is 0.718. The van der Waals surface area contributed by atoms with Gasteiger partial charge in [-0.05, 0) is 37.8 Å². The van der Waals surface area contributed by atoms with E-state index >= 15 is 0 Å². The Balaban J connectivity index is 1.80. The van der Waals surface area contributed by atoms with Crippen LogP contribution in [0.25, 0.3) is 0 Å². The number of nitrogens with zero attached hydrogens (tertiary/aromatic N) is 1. The number of nitro benzene ring substituents is 1. The lowest BCUT2D eigenvalue weighted by Gasteiger charge is -2.36. The van der Waals surface area contributed by atoms with Gasteiger partial charge in [0.15, 0.2) is 0 Å². The van der Waals surface area contributed by atoms with Crippen molar-refractivity contribution >= 4 is 23.3 Å². The number of aliphatic carboxylic acids is 1. The minimum Gasteiger partial charge on any atom is -0.481 e. The minimum atomic E-state index is -1.01. The highest BCUT2D eigenvalue weighted by molar-refractivity contribution is 5.96. The molecular weight excluding hydrogens is 342 g/mol. The number of carbonyl (C=O) groups excluding carboxylic acids is 1. The van der Waals surface area contributed by atoms with Crippen LogP contribution in [0.2, 0.25) is 0 Å². The fourth-order valence-corrected chi connectivity index (χ4v) is 3.10.